The van der Waals surface area contributed by atoms with Crippen LogP contribution in [0.25, 0.3) is 0 Å². The van der Waals surface area contributed by atoms with Crippen molar-refractivity contribution in [2.75, 3.05) is 31.5 Å². The van der Waals surface area contributed by atoms with Crippen molar-refractivity contribution in [3.63, 3.8) is 0 Å². The highest BCUT2D eigenvalue weighted by atomic mass is 16.5. The molecule has 0 aliphatic carbocycles. The van der Waals surface area contributed by atoms with Crippen LogP contribution in [0.15, 0.2) is 54.0 Å². The van der Waals surface area contributed by atoms with Gasteiger partial charge in [-0.3, -0.25) is 4.79 Å². The fourth-order valence-electron chi connectivity index (χ4n) is 3.93. The molecule has 0 saturated heterocycles. The highest BCUT2D eigenvalue weighted by molar-refractivity contribution is 6.06. The molecule has 9 nitrogen and oxygen atoms in total. The van der Waals surface area contributed by atoms with Gasteiger partial charge < -0.3 is 24.8 Å². The number of amides is 1. The molecule has 3 aromatic rings. The lowest BCUT2D eigenvalue weighted by atomic mass is 9.94. The predicted octanol–water partition coefficient (Wildman–Crippen LogP) is 3.93. The normalized spacial score (nSPS) is 14.9. The Morgan fingerprint density at radius 3 is 2.58 bits per heavy atom. The summed E-state index contributed by atoms with van der Waals surface area (Å²) in [6, 6.07) is 10.7. The van der Waals surface area contributed by atoms with Gasteiger partial charge in [0.1, 0.15) is 18.1 Å². The number of fused-ring (bicyclic) bond motifs is 1. The topological polar surface area (TPSA) is 99.5 Å². The van der Waals surface area contributed by atoms with Gasteiger partial charge in [0.25, 0.3) is 5.91 Å². The second-order valence-corrected chi connectivity index (χ2v) is 7.60. The van der Waals surface area contributed by atoms with Crippen LogP contribution in [0.5, 0.6) is 17.2 Å². The number of hydrogen-bond acceptors (Lipinski definition) is 7. The highest BCUT2D eigenvalue weighted by Crippen LogP contribution is 2.39. The molecule has 4 rings (SSSR count). The molecule has 9 heteroatoms. The summed E-state index contributed by atoms with van der Waals surface area (Å²) in [5.74, 6) is 2.06. The summed E-state index contributed by atoms with van der Waals surface area (Å²) < 4.78 is 18.3. The quantitative estimate of drug-likeness (QED) is 0.564. The monoisotopic (exact) mass is 449 g/mol. The zero-order valence-electron chi connectivity index (χ0n) is 19.3. The maximum absolute atomic E-state index is 13.6. The van der Waals surface area contributed by atoms with Gasteiger partial charge in [0.15, 0.2) is 11.5 Å². The number of nitrogens with zero attached hydrogens (tertiary/aromatic N) is 3. The number of benzene rings is 2. The SMILES string of the molecule is CCOc1ccc([C@H]2C(C(=O)Nc3cc(C)ccc3OC)=C(C)Nc3ncnn32)cc1OC. The number of ether oxygens (including phenoxy) is 3. The summed E-state index contributed by atoms with van der Waals surface area (Å²) in [6.45, 7) is 6.23. The Morgan fingerprint density at radius 2 is 1.85 bits per heavy atom. The summed E-state index contributed by atoms with van der Waals surface area (Å²) in [5, 5.41) is 10.6. The summed E-state index contributed by atoms with van der Waals surface area (Å²) >= 11 is 0. The van der Waals surface area contributed by atoms with Gasteiger partial charge in [-0.05, 0) is 56.2 Å². The standard InChI is InChI=1S/C24H27N5O4/c1-6-33-19-10-8-16(12-20(19)32-5)22-21(15(3)27-24-25-13-26-29(22)24)23(30)28-17-11-14(2)7-9-18(17)31-4/h7-13,22H,6H2,1-5H3,(H,28,30)(H,25,26,27)/t22-/m0/s1. The van der Waals surface area contributed by atoms with Gasteiger partial charge in [0.2, 0.25) is 5.95 Å². The molecule has 1 aromatic heterocycles. The molecule has 2 aromatic carbocycles. The van der Waals surface area contributed by atoms with Crippen molar-refractivity contribution in [2.45, 2.75) is 26.8 Å². The Bertz CT molecular complexity index is 1220. The lowest BCUT2D eigenvalue weighted by Gasteiger charge is -2.29. The fourth-order valence-corrected chi connectivity index (χ4v) is 3.93. The van der Waals surface area contributed by atoms with Gasteiger partial charge in [0.05, 0.1) is 32.1 Å². The number of anilines is 2. The average molecular weight is 450 g/mol. The first kappa shape index (κ1) is 22.2. The Hall–Kier alpha value is -4.01. The molecular weight excluding hydrogens is 422 g/mol. The lowest BCUT2D eigenvalue weighted by Crippen LogP contribution is -2.31. The number of nitrogens with one attached hydrogen (secondary N) is 2. The number of carbonyl (C=O) groups is 1. The fraction of sp³-hybridized carbons (Fsp3) is 0.292. The molecule has 1 atom stereocenters. The lowest BCUT2D eigenvalue weighted by molar-refractivity contribution is -0.113. The van der Waals surface area contributed by atoms with Crippen molar-refractivity contribution in [1.82, 2.24) is 14.8 Å². The number of carbonyl (C=O) groups excluding carboxylic acids is 1. The van der Waals surface area contributed by atoms with E-state index >= 15 is 0 Å². The Morgan fingerprint density at radius 1 is 1.09 bits per heavy atom. The number of aryl methyl sites for hydroxylation is 1. The third-order valence-electron chi connectivity index (χ3n) is 5.45. The Kier molecular flexibility index (Phi) is 6.21. The summed E-state index contributed by atoms with van der Waals surface area (Å²) in [4.78, 5) is 17.9. The van der Waals surface area contributed by atoms with Gasteiger partial charge in [-0.15, -0.1) is 0 Å². The van der Waals surface area contributed by atoms with Crippen LogP contribution in [0.4, 0.5) is 11.6 Å². The third-order valence-corrected chi connectivity index (χ3v) is 5.45. The highest BCUT2D eigenvalue weighted by Gasteiger charge is 2.34. The van der Waals surface area contributed by atoms with E-state index in [1.54, 1.807) is 18.9 Å². The van der Waals surface area contributed by atoms with Crippen LogP contribution in [0.1, 0.15) is 31.0 Å². The van der Waals surface area contributed by atoms with Gasteiger partial charge in [-0.25, -0.2) is 4.68 Å². The Labute approximate surface area is 192 Å². The molecule has 0 radical (unpaired) electrons. The maximum Gasteiger partial charge on any atom is 0.255 e. The van der Waals surface area contributed by atoms with E-state index in [1.165, 1.54) is 6.33 Å². The summed E-state index contributed by atoms with van der Waals surface area (Å²) in [7, 11) is 3.16. The van der Waals surface area contributed by atoms with Crippen molar-refractivity contribution >= 4 is 17.5 Å². The van der Waals surface area contributed by atoms with E-state index in [0.29, 0.717) is 46.8 Å². The summed E-state index contributed by atoms with van der Waals surface area (Å²) in [5.41, 5.74) is 3.59. The van der Waals surface area contributed by atoms with Crippen LogP contribution in [0.3, 0.4) is 0 Å². The first-order valence-corrected chi connectivity index (χ1v) is 10.6. The molecule has 0 saturated carbocycles. The number of methoxy groups -OCH3 is 2. The van der Waals surface area contributed by atoms with Crippen molar-refractivity contribution in [2.24, 2.45) is 0 Å². The van der Waals surface area contributed by atoms with Crippen LogP contribution >= 0.6 is 0 Å². The van der Waals surface area contributed by atoms with E-state index in [2.05, 4.69) is 20.7 Å². The predicted molar refractivity (Wildman–Crippen MR) is 125 cm³/mol. The van der Waals surface area contributed by atoms with Crippen molar-refractivity contribution in [3.8, 4) is 17.2 Å². The molecule has 2 heterocycles. The van der Waals surface area contributed by atoms with Gasteiger partial charge in [-0.1, -0.05) is 12.1 Å². The molecule has 33 heavy (non-hydrogen) atoms. The van der Waals surface area contributed by atoms with Crippen LogP contribution < -0.4 is 24.8 Å². The van der Waals surface area contributed by atoms with Crippen LogP contribution in [-0.4, -0.2) is 41.5 Å². The first-order chi connectivity index (χ1) is 16.0. The minimum atomic E-state index is -0.524. The van der Waals surface area contributed by atoms with E-state index in [-0.39, 0.29) is 5.91 Å². The van der Waals surface area contributed by atoms with Gasteiger partial charge >= 0.3 is 0 Å². The van der Waals surface area contributed by atoms with E-state index in [0.717, 1.165) is 11.1 Å². The Balaban J connectivity index is 1.78. The molecule has 0 fully saturated rings. The largest absolute Gasteiger partial charge is 0.495 e. The number of aromatic nitrogens is 3. The molecule has 1 amide bonds. The molecule has 1 aliphatic rings. The van der Waals surface area contributed by atoms with Gasteiger partial charge in [0, 0.05) is 5.70 Å². The maximum atomic E-state index is 13.6. The van der Waals surface area contributed by atoms with Crippen molar-refractivity contribution in [3.05, 3.63) is 65.1 Å². The minimum Gasteiger partial charge on any atom is -0.495 e. The molecule has 0 unspecified atom stereocenters. The van der Waals surface area contributed by atoms with Crippen LogP contribution in [0, 0.1) is 6.92 Å². The van der Waals surface area contributed by atoms with Crippen LogP contribution in [0.2, 0.25) is 0 Å². The molecule has 172 valence electrons. The first-order valence-electron chi connectivity index (χ1n) is 10.6. The number of rotatable bonds is 7. The van der Waals surface area contributed by atoms with E-state index in [1.807, 2.05) is 57.2 Å². The van der Waals surface area contributed by atoms with E-state index in [4.69, 9.17) is 14.2 Å². The van der Waals surface area contributed by atoms with Crippen molar-refractivity contribution < 1.29 is 19.0 Å². The number of allylic oxidation sites excluding steroid dienone is 1. The molecule has 0 bridgehead atoms. The molecule has 1 aliphatic heterocycles. The van der Waals surface area contributed by atoms with E-state index < -0.39 is 6.04 Å². The second-order valence-electron chi connectivity index (χ2n) is 7.60. The third kappa shape index (κ3) is 4.21. The zero-order chi connectivity index (χ0) is 23.5. The molecule has 0 spiro atoms. The van der Waals surface area contributed by atoms with Gasteiger partial charge in [-0.2, -0.15) is 10.1 Å². The van der Waals surface area contributed by atoms with Crippen LogP contribution in [-0.2, 0) is 4.79 Å². The minimum absolute atomic E-state index is 0.275. The number of hydrogen-bond donors (Lipinski definition) is 2. The zero-order valence-corrected chi connectivity index (χ0v) is 19.3. The molecule has 2 N–H and O–H groups in total. The summed E-state index contributed by atoms with van der Waals surface area (Å²) in [6.07, 6.45) is 1.46. The smallest absolute Gasteiger partial charge is 0.255 e. The molecular formula is C24H27N5O4. The van der Waals surface area contributed by atoms with E-state index in [9.17, 15) is 4.79 Å². The second kappa shape index (κ2) is 9.23. The van der Waals surface area contributed by atoms with Crippen molar-refractivity contribution in [1.29, 1.82) is 0 Å². The average Bonchev–Trinajstić information content (AvgIpc) is 3.26.